The third-order valence-electron chi connectivity index (χ3n) is 5.79. The lowest BCUT2D eigenvalue weighted by molar-refractivity contribution is 0.105. The van der Waals surface area contributed by atoms with Crippen molar-refractivity contribution in [2.45, 2.75) is 6.10 Å². The Morgan fingerprint density at radius 1 is 0.886 bits per heavy atom. The van der Waals surface area contributed by atoms with Crippen LogP contribution in [0.5, 0.6) is 0 Å². The van der Waals surface area contributed by atoms with Gasteiger partial charge in [-0.3, -0.25) is 4.68 Å². The summed E-state index contributed by atoms with van der Waals surface area (Å²) in [6.45, 7) is -0.284. The summed E-state index contributed by atoms with van der Waals surface area (Å²) in [6, 6.07) is 12.8. The molecule has 2 aromatic carbocycles. The van der Waals surface area contributed by atoms with Crippen LogP contribution in [0.25, 0.3) is 38.9 Å². The summed E-state index contributed by atoms with van der Waals surface area (Å²) < 4.78 is 31.6. The first-order valence-corrected chi connectivity index (χ1v) is 11.0. The molecule has 3 heterocycles. The fourth-order valence-corrected chi connectivity index (χ4v) is 4.01. The summed E-state index contributed by atoms with van der Waals surface area (Å²) >= 11 is 0. The highest BCUT2D eigenvalue weighted by Gasteiger charge is 2.14. The number of anilines is 1. The van der Waals surface area contributed by atoms with Gasteiger partial charge in [0.05, 0.1) is 30.6 Å². The number of nitrogens with zero attached hydrogens (tertiary/aromatic N) is 4. The highest BCUT2D eigenvalue weighted by Crippen LogP contribution is 2.34. The number of aliphatic hydroxyl groups excluding tert-OH is 2. The second kappa shape index (κ2) is 9.28. The average Bonchev–Trinajstić information content (AvgIpc) is 3.48. The molecular formula is C26H23F2N5O2. The Balaban J connectivity index is 1.59. The molecular weight excluding hydrogens is 452 g/mol. The fourth-order valence-electron chi connectivity index (χ4n) is 4.01. The van der Waals surface area contributed by atoms with Crippen LogP contribution in [0.1, 0.15) is 0 Å². The van der Waals surface area contributed by atoms with E-state index in [4.69, 9.17) is 5.11 Å². The Kier molecular flexibility index (Phi) is 6.02. The first-order chi connectivity index (χ1) is 16.9. The summed E-state index contributed by atoms with van der Waals surface area (Å²) in [5, 5.41) is 30.7. The zero-order chi connectivity index (χ0) is 24.5. The summed E-state index contributed by atoms with van der Waals surface area (Å²) in [6.07, 6.45) is 6.40. The molecule has 0 aliphatic rings. The lowest BCUT2D eigenvalue weighted by Crippen LogP contribution is -2.22. The Morgan fingerprint density at radius 2 is 1.69 bits per heavy atom. The van der Waals surface area contributed by atoms with Gasteiger partial charge in [-0.25, -0.2) is 13.3 Å². The number of nitrogens with one attached hydrogen (secondary N) is 1. The van der Waals surface area contributed by atoms with Gasteiger partial charge < -0.3 is 15.5 Å². The highest BCUT2D eigenvalue weighted by molar-refractivity contribution is 5.86. The predicted molar refractivity (Wildman–Crippen MR) is 130 cm³/mol. The topological polar surface area (TPSA) is 87.6 Å². The molecule has 35 heavy (non-hydrogen) atoms. The van der Waals surface area contributed by atoms with Gasteiger partial charge in [-0.15, -0.1) is 0 Å². The van der Waals surface area contributed by atoms with Gasteiger partial charge in [0.15, 0.2) is 0 Å². The van der Waals surface area contributed by atoms with Crippen molar-refractivity contribution in [2.75, 3.05) is 18.5 Å². The van der Waals surface area contributed by atoms with Crippen molar-refractivity contribution >= 4 is 11.2 Å². The van der Waals surface area contributed by atoms with Crippen molar-refractivity contribution in [3.8, 4) is 33.4 Å². The number of hydrogen-bond donors (Lipinski definition) is 3. The van der Waals surface area contributed by atoms with Gasteiger partial charge in [-0.05, 0) is 47.5 Å². The monoisotopic (exact) mass is 475 g/mol. The minimum Gasteiger partial charge on any atom is -0.394 e. The lowest BCUT2D eigenvalue weighted by Gasteiger charge is -2.14. The third-order valence-corrected chi connectivity index (χ3v) is 5.79. The second-order valence-corrected chi connectivity index (χ2v) is 8.35. The molecule has 0 aliphatic carbocycles. The number of aliphatic hydroxyl groups is 2. The van der Waals surface area contributed by atoms with E-state index in [0.717, 1.165) is 33.8 Å². The molecule has 3 N–H and O–H groups in total. The second-order valence-electron chi connectivity index (χ2n) is 8.35. The van der Waals surface area contributed by atoms with Gasteiger partial charge in [-0.2, -0.15) is 10.2 Å². The highest BCUT2D eigenvalue weighted by atomic mass is 19.1. The van der Waals surface area contributed by atoms with Gasteiger partial charge in [-0.1, -0.05) is 6.07 Å². The number of fused-ring (bicyclic) bond motifs is 1. The predicted octanol–water partition coefficient (Wildman–Crippen LogP) is 4.11. The summed E-state index contributed by atoms with van der Waals surface area (Å²) in [5.74, 6) is -1.33. The van der Waals surface area contributed by atoms with E-state index < -0.39 is 17.7 Å². The largest absolute Gasteiger partial charge is 0.394 e. The Morgan fingerprint density at radius 3 is 2.40 bits per heavy atom. The maximum absolute atomic E-state index is 14.6. The van der Waals surface area contributed by atoms with Crippen LogP contribution in [0.4, 0.5) is 14.5 Å². The molecule has 0 aliphatic heterocycles. The normalized spacial score (nSPS) is 12.3. The van der Waals surface area contributed by atoms with Gasteiger partial charge >= 0.3 is 0 Å². The summed E-state index contributed by atoms with van der Waals surface area (Å²) in [4.78, 5) is 0. The maximum atomic E-state index is 14.6. The molecule has 178 valence electrons. The Labute approximate surface area is 199 Å². The van der Waals surface area contributed by atoms with Crippen molar-refractivity contribution in [2.24, 2.45) is 7.05 Å². The molecule has 1 atom stereocenters. The molecule has 0 amide bonds. The van der Waals surface area contributed by atoms with Crippen LogP contribution in [0, 0.1) is 11.6 Å². The van der Waals surface area contributed by atoms with Gasteiger partial charge in [0.1, 0.15) is 11.6 Å². The number of aryl methyl sites for hydroxylation is 1. The number of benzene rings is 2. The van der Waals surface area contributed by atoms with Crippen LogP contribution in [0.15, 0.2) is 73.3 Å². The van der Waals surface area contributed by atoms with Crippen molar-refractivity contribution in [1.82, 2.24) is 19.4 Å². The number of rotatable bonds is 7. The molecule has 0 fully saturated rings. The fraction of sp³-hybridized carbons (Fsp3) is 0.154. The average molecular weight is 475 g/mol. The first kappa shape index (κ1) is 22.7. The van der Waals surface area contributed by atoms with Crippen LogP contribution in [0.3, 0.4) is 0 Å². The Bertz CT molecular complexity index is 1510. The smallest absolute Gasteiger partial charge is 0.133 e. The number of pyridine rings is 1. The molecule has 0 radical (unpaired) electrons. The van der Waals surface area contributed by atoms with E-state index in [-0.39, 0.29) is 18.7 Å². The molecule has 0 spiro atoms. The molecule has 3 aromatic heterocycles. The van der Waals surface area contributed by atoms with Crippen molar-refractivity contribution in [3.05, 3.63) is 85.0 Å². The van der Waals surface area contributed by atoms with Crippen molar-refractivity contribution in [3.63, 3.8) is 0 Å². The van der Waals surface area contributed by atoms with Crippen molar-refractivity contribution < 1.29 is 19.0 Å². The molecule has 9 heteroatoms. The van der Waals surface area contributed by atoms with E-state index in [9.17, 15) is 13.9 Å². The zero-order valence-electron chi connectivity index (χ0n) is 18.9. The molecule has 0 bridgehead atoms. The van der Waals surface area contributed by atoms with Crippen LogP contribution < -0.4 is 5.32 Å². The minimum atomic E-state index is -0.951. The number of hydrogen-bond acceptors (Lipinski definition) is 5. The van der Waals surface area contributed by atoms with Crippen LogP contribution in [-0.2, 0) is 7.05 Å². The SMILES string of the molecule is Cn1cc(-c2ccc3c(-c4cc(NCC(O)CO)cc(-c5ccc(F)cc5F)c4)cnn3c2)cn1. The molecule has 0 saturated heterocycles. The van der Waals surface area contributed by atoms with Gasteiger partial charge in [0.2, 0.25) is 0 Å². The van der Waals surface area contributed by atoms with E-state index in [1.54, 1.807) is 27.7 Å². The van der Waals surface area contributed by atoms with E-state index in [0.29, 0.717) is 11.3 Å². The molecule has 5 rings (SSSR count). The van der Waals surface area contributed by atoms with Gasteiger partial charge in [0.25, 0.3) is 0 Å². The minimum absolute atomic E-state index is 0.106. The Hall–Kier alpha value is -4.08. The molecule has 1 unspecified atom stereocenters. The first-order valence-electron chi connectivity index (χ1n) is 11.0. The van der Waals surface area contributed by atoms with E-state index in [2.05, 4.69) is 15.5 Å². The summed E-state index contributed by atoms with van der Waals surface area (Å²) in [5.41, 5.74) is 5.74. The van der Waals surface area contributed by atoms with Crippen molar-refractivity contribution in [1.29, 1.82) is 0 Å². The standard InChI is InChI=1S/C26H23F2N5O2/c1-32-13-19(10-30-32)16-2-5-26-24(12-31-33(26)14-16)18-6-17(23-4-3-20(27)9-25(23)28)7-21(8-18)29-11-22(35)15-34/h2-10,12-14,22,29,34-35H,11,15H2,1H3. The van der Waals surface area contributed by atoms with E-state index in [1.807, 2.05) is 43.7 Å². The molecule has 7 nitrogen and oxygen atoms in total. The quantitative estimate of drug-likeness (QED) is 0.330. The van der Waals surface area contributed by atoms with E-state index >= 15 is 0 Å². The van der Waals surface area contributed by atoms with Crippen LogP contribution in [0.2, 0.25) is 0 Å². The molecule has 0 saturated carbocycles. The van der Waals surface area contributed by atoms with Crippen LogP contribution in [-0.4, -0.2) is 48.9 Å². The number of aromatic nitrogens is 4. The zero-order valence-corrected chi connectivity index (χ0v) is 18.9. The summed E-state index contributed by atoms with van der Waals surface area (Å²) in [7, 11) is 1.86. The number of halogens is 2. The van der Waals surface area contributed by atoms with Gasteiger partial charge in [0, 0.05) is 60.0 Å². The molecule has 5 aromatic rings. The maximum Gasteiger partial charge on any atom is 0.133 e. The van der Waals surface area contributed by atoms with E-state index in [1.165, 1.54) is 12.1 Å². The lowest BCUT2D eigenvalue weighted by atomic mass is 9.98. The third kappa shape index (κ3) is 4.64. The van der Waals surface area contributed by atoms with Crippen LogP contribution >= 0.6 is 0 Å².